The van der Waals surface area contributed by atoms with E-state index >= 15 is 0 Å². The molecule has 1 aliphatic heterocycles. The Morgan fingerprint density at radius 1 is 1.50 bits per heavy atom. The summed E-state index contributed by atoms with van der Waals surface area (Å²) in [5.41, 5.74) is 6.97. The Bertz CT molecular complexity index is 570. The number of aliphatic hydroxyl groups excluding tert-OH is 2. The van der Waals surface area contributed by atoms with Crippen LogP contribution in [0.15, 0.2) is 18.6 Å². The number of nitrogens with zero attached hydrogens (tertiary/aromatic N) is 3. The minimum atomic E-state index is -0.656. The van der Waals surface area contributed by atoms with Crippen LogP contribution in [0.5, 0.6) is 0 Å². The van der Waals surface area contributed by atoms with Gasteiger partial charge in [-0.1, -0.05) is 0 Å². The lowest BCUT2D eigenvalue weighted by Crippen LogP contribution is -2.14. The Balaban J connectivity index is 2.02. The molecular formula is C11H14N4O3. The zero-order valence-electron chi connectivity index (χ0n) is 9.60. The second-order valence-electron chi connectivity index (χ2n) is 4.35. The van der Waals surface area contributed by atoms with Crippen LogP contribution in [0.2, 0.25) is 0 Å². The van der Waals surface area contributed by atoms with Gasteiger partial charge in [0.15, 0.2) is 11.5 Å². The van der Waals surface area contributed by atoms with Crippen LogP contribution in [0.4, 0.5) is 5.82 Å². The summed E-state index contributed by atoms with van der Waals surface area (Å²) in [6.07, 6.45) is 3.81. The van der Waals surface area contributed by atoms with Crippen molar-refractivity contribution in [3.8, 4) is 0 Å². The quantitative estimate of drug-likeness (QED) is 0.663. The van der Waals surface area contributed by atoms with Crippen molar-refractivity contribution < 1.29 is 14.9 Å². The standard InChI is InChI=1S/C11H14N4O3/c12-10-11-14-4-7(15(11)2-1-13-10)9-8(17)3-6(5-16)18-9/h1-2,4,6,8-9,16-17H,3,5H2,(H2,12,13). The second kappa shape index (κ2) is 4.20. The molecule has 7 heteroatoms. The highest BCUT2D eigenvalue weighted by Crippen LogP contribution is 2.33. The topological polar surface area (TPSA) is 106 Å². The first-order chi connectivity index (χ1) is 8.70. The van der Waals surface area contributed by atoms with Gasteiger partial charge in [0.25, 0.3) is 0 Å². The van der Waals surface area contributed by atoms with Gasteiger partial charge in [-0.2, -0.15) is 0 Å². The van der Waals surface area contributed by atoms with Gasteiger partial charge in [0.1, 0.15) is 6.10 Å². The molecule has 3 heterocycles. The fraction of sp³-hybridized carbons (Fsp3) is 0.455. The smallest absolute Gasteiger partial charge is 0.180 e. The van der Waals surface area contributed by atoms with Crippen LogP contribution in [0.3, 0.4) is 0 Å². The Morgan fingerprint density at radius 3 is 3.06 bits per heavy atom. The zero-order chi connectivity index (χ0) is 12.7. The van der Waals surface area contributed by atoms with Crippen LogP contribution < -0.4 is 5.73 Å². The third kappa shape index (κ3) is 1.64. The largest absolute Gasteiger partial charge is 0.394 e. The van der Waals surface area contributed by atoms with Gasteiger partial charge in [-0.15, -0.1) is 0 Å². The van der Waals surface area contributed by atoms with E-state index < -0.39 is 12.2 Å². The van der Waals surface area contributed by atoms with Crippen molar-refractivity contribution in [2.24, 2.45) is 0 Å². The van der Waals surface area contributed by atoms with Gasteiger partial charge < -0.3 is 20.7 Å². The van der Waals surface area contributed by atoms with Gasteiger partial charge in [-0.25, -0.2) is 9.97 Å². The molecule has 96 valence electrons. The fourth-order valence-corrected chi connectivity index (χ4v) is 2.30. The lowest BCUT2D eigenvalue weighted by molar-refractivity contribution is -0.0132. The SMILES string of the molecule is Nc1nccn2c(C3OC(CO)CC3O)cnc12. The van der Waals surface area contributed by atoms with Gasteiger partial charge in [-0.05, 0) is 0 Å². The molecule has 1 aliphatic rings. The Kier molecular flexibility index (Phi) is 2.66. The summed E-state index contributed by atoms with van der Waals surface area (Å²) in [5.74, 6) is 0.329. The number of aromatic nitrogens is 3. The fourth-order valence-electron chi connectivity index (χ4n) is 2.30. The average Bonchev–Trinajstić information content (AvgIpc) is 2.93. The number of nitrogens with two attached hydrogens (primary N) is 1. The van der Waals surface area contributed by atoms with E-state index in [1.807, 2.05) is 0 Å². The van der Waals surface area contributed by atoms with Crippen LogP contribution in [-0.2, 0) is 4.74 Å². The maximum Gasteiger partial charge on any atom is 0.180 e. The molecule has 0 radical (unpaired) electrons. The van der Waals surface area contributed by atoms with Crippen LogP contribution in [-0.4, -0.2) is 43.4 Å². The number of imidazole rings is 1. The maximum absolute atomic E-state index is 9.97. The van der Waals surface area contributed by atoms with Crippen LogP contribution >= 0.6 is 0 Å². The first-order valence-electron chi connectivity index (χ1n) is 5.72. The number of nitrogen functional groups attached to an aromatic ring is 1. The van der Waals surface area contributed by atoms with Crippen molar-refractivity contribution in [1.82, 2.24) is 14.4 Å². The number of ether oxygens (including phenoxy) is 1. The number of fused-ring (bicyclic) bond motifs is 1. The Labute approximate surface area is 103 Å². The minimum Gasteiger partial charge on any atom is -0.394 e. The maximum atomic E-state index is 9.97. The molecule has 0 saturated carbocycles. The van der Waals surface area contributed by atoms with Crippen LogP contribution in [0.25, 0.3) is 5.65 Å². The van der Waals surface area contributed by atoms with Crippen molar-refractivity contribution in [1.29, 1.82) is 0 Å². The van der Waals surface area contributed by atoms with Crippen molar-refractivity contribution in [2.75, 3.05) is 12.3 Å². The molecule has 3 atom stereocenters. The highest BCUT2D eigenvalue weighted by molar-refractivity contribution is 5.59. The predicted octanol–water partition coefficient (Wildman–Crippen LogP) is -0.505. The third-order valence-electron chi connectivity index (χ3n) is 3.17. The second-order valence-corrected chi connectivity index (χ2v) is 4.35. The van der Waals surface area contributed by atoms with E-state index in [1.54, 1.807) is 23.0 Å². The first kappa shape index (κ1) is 11.4. The van der Waals surface area contributed by atoms with E-state index in [-0.39, 0.29) is 12.7 Å². The average molecular weight is 250 g/mol. The molecule has 0 amide bonds. The molecule has 7 nitrogen and oxygen atoms in total. The molecule has 1 saturated heterocycles. The van der Waals surface area contributed by atoms with E-state index in [4.69, 9.17) is 15.6 Å². The highest BCUT2D eigenvalue weighted by Gasteiger charge is 2.36. The van der Waals surface area contributed by atoms with Gasteiger partial charge in [0, 0.05) is 18.8 Å². The number of hydrogen-bond donors (Lipinski definition) is 3. The minimum absolute atomic E-state index is 0.103. The van der Waals surface area contributed by atoms with Crippen molar-refractivity contribution in [3.05, 3.63) is 24.3 Å². The Hall–Kier alpha value is -1.70. The molecule has 3 unspecified atom stereocenters. The number of anilines is 1. The van der Waals surface area contributed by atoms with Crippen molar-refractivity contribution in [3.63, 3.8) is 0 Å². The van der Waals surface area contributed by atoms with Gasteiger partial charge in [0.2, 0.25) is 0 Å². The normalized spacial score (nSPS) is 28.0. The molecule has 18 heavy (non-hydrogen) atoms. The summed E-state index contributed by atoms with van der Waals surface area (Å²) in [5, 5.41) is 19.0. The van der Waals surface area contributed by atoms with Gasteiger partial charge in [-0.3, -0.25) is 4.40 Å². The van der Waals surface area contributed by atoms with Gasteiger partial charge in [0.05, 0.1) is 30.7 Å². The molecule has 0 aliphatic carbocycles. The number of hydrogen-bond acceptors (Lipinski definition) is 6. The summed E-state index contributed by atoms with van der Waals surface area (Å²) in [4.78, 5) is 8.12. The molecule has 2 aromatic rings. The zero-order valence-corrected chi connectivity index (χ0v) is 9.60. The lowest BCUT2D eigenvalue weighted by Gasteiger charge is -2.14. The van der Waals surface area contributed by atoms with E-state index in [0.717, 1.165) is 0 Å². The third-order valence-corrected chi connectivity index (χ3v) is 3.17. The molecule has 0 aromatic carbocycles. The molecule has 4 N–H and O–H groups in total. The molecule has 0 spiro atoms. The Morgan fingerprint density at radius 2 is 2.33 bits per heavy atom. The van der Waals surface area contributed by atoms with E-state index in [9.17, 15) is 5.11 Å². The van der Waals surface area contributed by atoms with Gasteiger partial charge >= 0.3 is 0 Å². The van der Waals surface area contributed by atoms with Crippen molar-refractivity contribution >= 4 is 11.5 Å². The predicted molar refractivity (Wildman–Crippen MR) is 62.7 cm³/mol. The van der Waals surface area contributed by atoms with Crippen molar-refractivity contribution in [2.45, 2.75) is 24.7 Å². The summed E-state index contributed by atoms with van der Waals surface area (Å²) < 4.78 is 7.34. The molecule has 2 aromatic heterocycles. The van der Waals surface area contributed by atoms with E-state index in [1.165, 1.54) is 0 Å². The molecule has 0 bridgehead atoms. The molecular weight excluding hydrogens is 236 g/mol. The van der Waals surface area contributed by atoms with E-state index in [0.29, 0.717) is 23.6 Å². The lowest BCUT2D eigenvalue weighted by atomic mass is 10.1. The monoisotopic (exact) mass is 250 g/mol. The van der Waals surface area contributed by atoms with Crippen LogP contribution in [0, 0.1) is 0 Å². The highest BCUT2D eigenvalue weighted by atomic mass is 16.5. The van der Waals surface area contributed by atoms with E-state index in [2.05, 4.69) is 9.97 Å². The summed E-state index contributed by atoms with van der Waals surface area (Å²) in [6, 6.07) is 0. The number of rotatable bonds is 2. The summed E-state index contributed by atoms with van der Waals surface area (Å²) in [7, 11) is 0. The molecule has 3 rings (SSSR count). The molecule has 1 fully saturated rings. The number of aliphatic hydroxyl groups is 2. The summed E-state index contributed by atoms with van der Waals surface area (Å²) in [6.45, 7) is -0.103. The summed E-state index contributed by atoms with van der Waals surface area (Å²) >= 11 is 0. The van der Waals surface area contributed by atoms with Crippen LogP contribution in [0.1, 0.15) is 18.2 Å². The first-order valence-corrected chi connectivity index (χ1v) is 5.72.